The summed E-state index contributed by atoms with van der Waals surface area (Å²) in [5, 5.41) is 11.3. The van der Waals surface area contributed by atoms with Crippen LogP contribution in [0.25, 0.3) is 0 Å². The average molecular weight is 588 g/mol. The van der Waals surface area contributed by atoms with Gasteiger partial charge >= 0.3 is 12.4 Å². The first-order valence-corrected chi connectivity index (χ1v) is 13.0. The van der Waals surface area contributed by atoms with Crippen LogP contribution in [0.1, 0.15) is 54.3 Å². The summed E-state index contributed by atoms with van der Waals surface area (Å²) in [5.41, 5.74) is -3.25. The van der Waals surface area contributed by atoms with Gasteiger partial charge < -0.3 is 14.4 Å². The number of aromatic amines is 1. The van der Waals surface area contributed by atoms with Gasteiger partial charge in [-0.25, -0.2) is 4.39 Å². The van der Waals surface area contributed by atoms with Crippen molar-refractivity contribution in [3.05, 3.63) is 76.2 Å². The Labute approximate surface area is 231 Å². The summed E-state index contributed by atoms with van der Waals surface area (Å²) in [7, 11) is 0. The molecule has 2 saturated heterocycles. The van der Waals surface area contributed by atoms with Gasteiger partial charge in [0.15, 0.2) is 12.1 Å². The van der Waals surface area contributed by atoms with Crippen LogP contribution in [0.3, 0.4) is 0 Å². The molecule has 2 fully saturated rings. The molecular formula is C27H28F7N5O2. The lowest BCUT2D eigenvalue weighted by atomic mass is 9.87. The summed E-state index contributed by atoms with van der Waals surface area (Å²) in [6, 6.07) is 6.90. The minimum atomic E-state index is -5.00. The zero-order valence-electron chi connectivity index (χ0n) is 22.2. The molecule has 2 aliphatic rings. The maximum atomic E-state index is 13.9. The Kier molecular flexibility index (Phi) is 7.76. The Morgan fingerprint density at radius 1 is 1.00 bits per heavy atom. The normalized spacial score (nSPS) is 23.0. The van der Waals surface area contributed by atoms with Crippen molar-refractivity contribution in [3.8, 4) is 0 Å². The Hall–Kier alpha value is -3.23. The highest BCUT2D eigenvalue weighted by molar-refractivity contribution is 5.50. The third-order valence-electron chi connectivity index (χ3n) is 7.62. The lowest BCUT2D eigenvalue weighted by Crippen LogP contribution is -2.60. The summed E-state index contributed by atoms with van der Waals surface area (Å²) in [5.74, 6) is 0.00160. The van der Waals surface area contributed by atoms with Gasteiger partial charge in [0.2, 0.25) is 0 Å². The Balaban J connectivity index is 1.53. The quantitative estimate of drug-likeness (QED) is 0.340. The highest BCUT2D eigenvalue weighted by atomic mass is 19.4. The molecule has 2 aliphatic heterocycles. The number of rotatable bonds is 7. The van der Waals surface area contributed by atoms with Crippen LogP contribution in [0.2, 0.25) is 0 Å². The molecule has 0 saturated carbocycles. The predicted octanol–water partition coefficient (Wildman–Crippen LogP) is 6.04. The smallest absolute Gasteiger partial charge is 0.348 e. The first kappa shape index (κ1) is 29.3. The van der Waals surface area contributed by atoms with Gasteiger partial charge in [-0.3, -0.25) is 4.90 Å². The minimum Gasteiger partial charge on any atom is -0.348 e. The number of nitrogens with one attached hydrogen (secondary N) is 1. The Bertz CT molecular complexity index is 1330. The van der Waals surface area contributed by atoms with E-state index >= 15 is 0 Å². The second-order valence-electron chi connectivity index (χ2n) is 10.3. The fourth-order valence-electron chi connectivity index (χ4n) is 5.15. The van der Waals surface area contributed by atoms with Gasteiger partial charge in [0, 0.05) is 13.1 Å². The van der Waals surface area contributed by atoms with Crippen LogP contribution < -0.4 is 4.90 Å². The van der Waals surface area contributed by atoms with E-state index in [0.29, 0.717) is 42.3 Å². The molecule has 0 bridgehead atoms. The van der Waals surface area contributed by atoms with Crippen molar-refractivity contribution in [2.24, 2.45) is 0 Å². The van der Waals surface area contributed by atoms with Gasteiger partial charge in [0.25, 0.3) is 0 Å². The number of H-pyrrole nitrogens is 1. The van der Waals surface area contributed by atoms with E-state index in [1.54, 1.807) is 6.92 Å². The van der Waals surface area contributed by atoms with E-state index in [1.165, 1.54) is 31.2 Å². The average Bonchev–Trinajstić information content (AvgIpc) is 3.34. The molecular weight excluding hydrogens is 559 g/mol. The third kappa shape index (κ3) is 5.90. The lowest BCUT2D eigenvalue weighted by molar-refractivity contribution is -0.217. The van der Waals surface area contributed by atoms with Crippen molar-refractivity contribution in [3.63, 3.8) is 0 Å². The van der Waals surface area contributed by atoms with Crippen LogP contribution >= 0.6 is 0 Å². The van der Waals surface area contributed by atoms with Crippen LogP contribution in [-0.2, 0) is 33.9 Å². The zero-order chi connectivity index (χ0) is 29.6. The van der Waals surface area contributed by atoms with Gasteiger partial charge in [-0.05, 0) is 74.8 Å². The summed E-state index contributed by atoms with van der Waals surface area (Å²) in [6.45, 7) is 5.86. The van der Waals surface area contributed by atoms with E-state index in [-0.39, 0.29) is 18.2 Å². The van der Waals surface area contributed by atoms with Crippen molar-refractivity contribution in [1.29, 1.82) is 0 Å². The van der Waals surface area contributed by atoms with Crippen LogP contribution in [0.5, 0.6) is 0 Å². The summed E-state index contributed by atoms with van der Waals surface area (Å²) >= 11 is 0. The molecule has 0 unspecified atom stereocenters. The van der Waals surface area contributed by atoms with Crippen LogP contribution in [0.4, 0.5) is 36.6 Å². The molecule has 0 spiro atoms. The first-order valence-electron chi connectivity index (χ1n) is 13.0. The van der Waals surface area contributed by atoms with Crippen LogP contribution in [0, 0.1) is 5.82 Å². The van der Waals surface area contributed by atoms with E-state index in [4.69, 9.17) is 9.47 Å². The van der Waals surface area contributed by atoms with Gasteiger partial charge in [0.1, 0.15) is 17.1 Å². The van der Waals surface area contributed by atoms with Crippen molar-refractivity contribution in [2.75, 3.05) is 31.1 Å². The van der Waals surface area contributed by atoms with Gasteiger partial charge in [-0.1, -0.05) is 12.1 Å². The van der Waals surface area contributed by atoms with Crippen LogP contribution in [0.15, 0.2) is 42.5 Å². The predicted molar refractivity (Wildman–Crippen MR) is 133 cm³/mol. The maximum Gasteiger partial charge on any atom is 0.416 e. The Morgan fingerprint density at radius 3 is 2.20 bits per heavy atom. The molecule has 3 heterocycles. The standard InChI is InChI=1S/C27H28F7N5O2/c1-16(17-12-19(26(29,30)31)14-20(13-17)27(32,33)34)41-24-25(2,18-4-6-21(28)7-5-18)39(10-11-40-24)23-22(35-37-36-23)15-38-8-3-9-38/h4-7,12-14,16,24H,3,8-11,15H2,1-2H3,(H,35,36,37)/t16-,24-,25+/m1/s1. The van der Waals surface area contributed by atoms with E-state index < -0.39 is 47.2 Å². The van der Waals surface area contributed by atoms with E-state index in [9.17, 15) is 30.7 Å². The number of benzene rings is 2. The molecule has 7 nitrogen and oxygen atoms in total. The molecule has 1 N–H and O–H groups in total. The number of nitrogens with zero attached hydrogens (tertiary/aromatic N) is 4. The minimum absolute atomic E-state index is 0.0714. The van der Waals surface area contributed by atoms with Crippen molar-refractivity contribution in [1.82, 2.24) is 20.3 Å². The summed E-state index contributed by atoms with van der Waals surface area (Å²) in [4.78, 5) is 4.05. The van der Waals surface area contributed by atoms with E-state index in [0.717, 1.165) is 19.5 Å². The number of alkyl halides is 6. The SMILES string of the molecule is C[C@@H](O[C@H]1OCCN(c2n[nH]nc2CN2CCC2)[C@@]1(C)c1ccc(F)cc1)c1cc(C(F)(F)F)cc(C(F)(F)F)c1. The lowest BCUT2D eigenvalue weighted by Gasteiger charge is -2.50. The maximum absolute atomic E-state index is 13.9. The molecule has 1 aromatic heterocycles. The topological polar surface area (TPSA) is 66.5 Å². The first-order chi connectivity index (χ1) is 19.3. The van der Waals surface area contributed by atoms with Crippen molar-refractivity contribution < 1.29 is 40.2 Å². The number of morpholine rings is 1. The molecule has 0 aliphatic carbocycles. The van der Waals surface area contributed by atoms with Crippen LogP contribution in [-0.4, -0.2) is 52.8 Å². The molecule has 2 aromatic carbocycles. The Morgan fingerprint density at radius 2 is 1.63 bits per heavy atom. The molecule has 14 heteroatoms. The highest BCUT2D eigenvalue weighted by Crippen LogP contribution is 2.43. The summed E-state index contributed by atoms with van der Waals surface area (Å²) < 4.78 is 107. The number of likely N-dealkylation sites (tertiary alicyclic amines) is 1. The molecule has 3 atom stereocenters. The van der Waals surface area contributed by atoms with Crippen molar-refractivity contribution >= 4 is 5.82 Å². The van der Waals surface area contributed by atoms with E-state index in [2.05, 4.69) is 20.3 Å². The number of ether oxygens (including phenoxy) is 2. The van der Waals surface area contributed by atoms with Crippen molar-refractivity contribution in [2.45, 2.75) is 57.1 Å². The number of anilines is 1. The number of hydrogen-bond acceptors (Lipinski definition) is 6. The van der Waals surface area contributed by atoms with Gasteiger partial charge in [0.05, 0.1) is 23.8 Å². The number of aromatic nitrogens is 3. The van der Waals surface area contributed by atoms with E-state index in [1.807, 2.05) is 4.90 Å². The molecule has 3 aromatic rings. The molecule has 0 amide bonds. The molecule has 5 rings (SSSR count). The zero-order valence-corrected chi connectivity index (χ0v) is 22.2. The second-order valence-corrected chi connectivity index (χ2v) is 10.3. The number of hydrogen-bond donors (Lipinski definition) is 1. The molecule has 0 radical (unpaired) electrons. The molecule has 222 valence electrons. The van der Waals surface area contributed by atoms with Gasteiger partial charge in [-0.2, -0.15) is 36.7 Å². The highest BCUT2D eigenvalue weighted by Gasteiger charge is 2.49. The second kappa shape index (κ2) is 10.9. The third-order valence-corrected chi connectivity index (χ3v) is 7.62. The molecule has 41 heavy (non-hydrogen) atoms. The largest absolute Gasteiger partial charge is 0.416 e. The fourth-order valence-corrected chi connectivity index (χ4v) is 5.15. The fraction of sp³-hybridized carbons (Fsp3) is 0.481. The monoisotopic (exact) mass is 587 g/mol. The number of halogens is 7. The van der Waals surface area contributed by atoms with Gasteiger partial charge in [-0.15, -0.1) is 5.10 Å². The summed E-state index contributed by atoms with van der Waals surface area (Å²) in [6.07, 6.45) is -11.4.